The van der Waals surface area contributed by atoms with Gasteiger partial charge in [-0.25, -0.2) is 9.97 Å². The molecule has 1 heterocycles. The molecule has 0 aliphatic carbocycles. The van der Waals surface area contributed by atoms with Crippen molar-refractivity contribution < 1.29 is 0 Å². The van der Waals surface area contributed by atoms with Crippen molar-refractivity contribution in [3.8, 4) is 0 Å². The summed E-state index contributed by atoms with van der Waals surface area (Å²) in [7, 11) is 0. The summed E-state index contributed by atoms with van der Waals surface area (Å²) in [5.41, 5.74) is 4.26. The Labute approximate surface area is 117 Å². The van der Waals surface area contributed by atoms with Crippen LogP contribution in [0.4, 0.5) is 0 Å². The molecule has 0 amide bonds. The van der Waals surface area contributed by atoms with E-state index >= 15 is 0 Å². The Balaban J connectivity index is 2.40. The molecule has 0 bridgehead atoms. The third-order valence-electron chi connectivity index (χ3n) is 2.79. The number of hydrogen-bond donors (Lipinski definition) is 0. The number of rotatable bonds is 2. The number of nitrogens with zero attached hydrogens (tertiary/aromatic N) is 2. The van der Waals surface area contributed by atoms with Crippen molar-refractivity contribution in [2.45, 2.75) is 37.6 Å². The molecule has 0 saturated heterocycles. The molecule has 1 aromatic heterocycles. The van der Waals surface area contributed by atoms with E-state index in [0.29, 0.717) is 5.15 Å². The van der Waals surface area contributed by atoms with Gasteiger partial charge < -0.3 is 0 Å². The maximum absolute atomic E-state index is 6.15. The Morgan fingerprint density at radius 3 is 2.39 bits per heavy atom. The molecule has 2 rings (SSSR count). The van der Waals surface area contributed by atoms with Crippen LogP contribution in [0.3, 0.4) is 0 Å². The number of benzene rings is 1. The Hall–Kier alpha value is -1.06. The van der Waals surface area contributed by atoms with Crippen LogP contribution in [0, 0.1) is 27.7 Å². The van der Waals surface area contributed by atoms with Crippen LogP contribution in [0.15, 0.2) is 28.1 Å². The predicted molar refractivity (Wildman–Crippen MR) is 76.6 cm³/mol. The molecular formula is C14H15ClN2S. The van der Waals surface area contributed by atoms with Gasteiger partial charge in [-0.3, -0.25) is 0 Å². The van der Waals surface area contributed by atoms with E-state index in [0.717, 1.165) is 16.4 Å². The molecule has 0 atom stereocenters. The van der Waals surface area contributed by atoms with Gasteiger partial charge in [0.15, 0.2) is 5.15 Å². The van der Waals surface area contributed by atoms with E-state index < -0.39 is 0 Å². The highest BCUT2D eigenvalue weighted by molar-refractivity contribution is 7.99. The number of hydrogen-bond acceptors (Lipinski definition) is 3. The predicted octanol–water partition coefficient (Wildman–Crippen LogP) is 4.51. The van der Waals surface area contributed by atoms with Crippen LogP contribution in [0.2, 0.25) is 5.15 Å². The average Bonchev–Trinajstić information content (AvgIpc) is 2.30. The van der Waals surface area contributed by atoms with Crippen LogP contribution in [-0.4, -0.2) is 9.97 Å². The molecule has 0 N–H and O–H groups in total. The van der Waals surface area contributed by atoms with Crippen molar-refractivity contribution >= 4 is 23.4 Å². The molecule has 0 radical (unpaired) electrons. The highest BCUT2D eigenvalue weighted by atomic mass is 35.5. The summed E-state index contributed by atoms with van der Waals surface area (Å²) in [4.78, 5) is 9.99. The van der Waals surface area contributed by atoms with E-state index in [1.165, 1.54) is 16.0 Å². The molecule has 18 heavy (non-hydrogen) atoms. The van der Waals surface area contributed by atoms with Gasteiger partial charge in [-0.15, -0.1) is 0 Å². The summed E-state index contributed by atoms with van der Waals surface area (Å²) in [5, 5.41) is 1.25. The standard InChI is InChI=1S/C14H15ClN2S/c1-8-5-6-9(2)12(7-8)18-14-13(15)16-10(3)11(4)17-14/h5-7H,1-4H3. The number of aromatic nitrogens is 2. The SMILES string of the molecule is Cc1ccc(C)c(Sc2nc(C)c(C)nc2Cl)c1. The zero-order valence-electron chi connectivity index (χ0n) is 10.9. The van der Waals surface area contributed by atoms with Crippen molar-refractivity contribution in [3.63, 3.8) is 0 Å². The minimum atomic E-state index is 0.476. The second-order valence-corrected chi connectivity index (χ2v) is 5.75. The molecule has 4 heteroatoms. The van der Waals surface area contributed by atoms with Crippen molar-refractivity contribution in [2.75, 3.05) is 0 Å². The van der Waals surface area contributed by atoms with Gasteiger partial charge in [0.2, 0.25) is 0 Å². The summed E-state index contributed by atoms with van der Waals surface area (Å²) in [5.74, 6) is 0. The molecule has 0 spiro atoms. The van der Waals surface area contributed by atoms with Crippen LogP contribution in [0.5, 0.6) is 0 Å². The lowest BCUT2D eigenvalue weighted by atomic mass is 10.2. The van der Waals surface area contributed by atoms with Crippen molar-refractivity contribution in [1.29, 1.82) is 0 Å². The van der Waals surface area contributed by atoms with E-state index in [2.05, 4.69) is 42.0 Å². The summed E-state index contributed by atoms with van der Waals surface area (Å²) < 4.78 is 0. The van der Waals surface area contributed by atoms with Crippen molar-refractivity contribution in [1.82, 2.24) is 9.97 Å². The van der Waals surface area contributed by atoms with E-state index in [4.69, 9.17) is 11.6 Å². The summed E-state index contributed by atoms with van der Waals surface area (Å²) in [6, 6.07) is 6.36. The zero-order valence-corrected chi connectivity index (χ0v) is 12.5. The van der Waals surface area contributed by atoms with Gasteiger partial charge in [-0.05, 0) is 44.9 Å². The molecule has 1 aromatic carbocycles. The molecule has 0 aliphatic heterocycles. The van der Waals surface area contributed by atoms with Crippen LogP contribution in [0.1, 0.15) is 22.5 Å². The summed E-state index contributed by atoms with van der Waals surface area (Å²) in [6.07, 6.45) is 0. The van der Waals surface area contributed by atoms with Gasteiger partial charge in [0, 0.05) is 4.90 Å². The molecule has 0 fully saturated rings. The molecule has 0 saturated carbocycles. The van der Waals surface area contributed by atoms with Gasteiger partial charge in [-0.1, -0.05) is 35.5 Å². The van der Waals surface area contributed by atoms with E-state index in [-0.39, 0.29) is 0 Å². The topological polar surface area (TPSA) is 25.8 Å². The van der Waals surface area contributed by atoms with Crippen molar-refractivity contribution in [2.24, 2.45) is 0 Å². The normalized spacial score (nSPS) is 10.7. The maximum atomic E-state index is 6.15. The fourth-order valence-electron chi connectivity index (χ4n) is 1.54. The quantitative estimate of drug-likeness (QED) is 0.808. The van der Waals surface area contributed by atoms with Gasteiger partial charge >= 0.3 is 0 Å². The monoisotopic (exact) mass is 278 g/mol. The van der Waals surface area contributed by atoms with E-state index in [1.54, 1.807) is 11.8 Å². The van der Waals surface area contributed by atoms with Gasteiger partial charge in [0.05, 0.1) is 11.4 Å². The molecule has 0 aliphatic rings. The molecule has 2 aromatic rings. The molecule has 94 valence electrons. The first-order chi connectivity index (χ1) is 8.47. The fraction of sp³-hybridized carbons (Fsp3) is 0.286. The zero-order chi connectivity index (χ0) is 13.3. The highest BCUT2D eigenvalue weighted by Crippen LogP contribution is 2.33. The van der Waals surface area contributed by atoms with E-state index in [1.807, 2.05) is 13.8 Å². The third kappa shape index (κ3) is 2.85. The second-order valence-electron chi connectivity index (χ2n) is 4.36. The Bertz CT molecular complexity index is 597. The van der Waals surface area contributed by atoms with Crippen LogP contribution >= 0.6 is 23.4 Å². The lowest BCUT2D eigenvalue weighted by Gasteiger charge is -2.09. The Kier molecular flexibility index (Phi) is 3.93. The minimum Gasteiger partial charge on any atom is -0.241 e. The van der Waals surface area contributed by atoms with E-state index in [9.17, 15) is 0 Å². The number of aryl methyl sites for hydroxylation is 4. The van der Waals surface area contributed by atoms with Gasteiger partial charge in [0.25, 0.3) is 0 Å². The highest BCUT2D eigenvalue weighted by Gasteiger charge is 2.10. The first-order valence-corrected chi connectivity index (χ1v) is 6.92. The van der Waals surface area contributed by atoms with Crippen molar-refractivity contribution in [3.05, 3.63) is 45.9 Å². The van der Waals surface area contributed by atoms with Crippen LogP contribution < -0.4 is 0 Å². The molecular weight excluding hydrogens is 264 g/mol. The van der Waals surface area contributed by atoms with Crippen LogP contribution in [0.25, 0.3) is 0 Å². The lowest BCUT2D eigenvalue weighted by molar-refractivity contribution is 0.957. The lowest BCUT2D eigenvalue weighted by Crippen LogP contribution is -1.95. The fourth-order valence-corrected chi connectivity index (χ4v) is 2.82. The largest absolute Gasteiger partial charge is 0.241 e. The average molecular weight is 279 g/mol. The summed E-state index contributed by atoms with van der Waals surface area (Å²) >= 11 is 7.72. The minimum absolute atomic E-state index is 0.476. The maximum Gasteiger partial charge on any atom is 0.161 e. The Morgan fingerprint density at radius 2 is 1.67 bits per heavy atom. The first kappa shape index (κ1) is 13.4. The molecule has 2 nitrogen and oxygen atoms in total. The first-order valence-electron chi connectivity index (χ1n) is 5.73. The smallest absolute Gasteiger partial charge is 0.161 e. The van der Waals surface area contributed by atoms with Gasteiger partial charge in [0.1, 0.15) is 5.03 Å². The van der Waals surface area contributed by atoms with Crippen LogP contribution in [-0.2, 0) is 0 Å². The second kappa shape index (κ2) is 5.29. The van der Waals surface area contributed by atoms with Gasteiger partial charge in [-0.2, -0.15) is 0 Å². The number of halogens is 1. The summed E-state index contributed by atoms with van der Waals surface area (Å²) in [6.45, 7) is 8.04. The molecule has 0 unspecified atom stereocenters. The third-order valence-corrected chi connectivity index (χ3v) is 4.30. The Morgan fingerprint density at radius 1 is 1.00 bits per heavy atom.